The van der Waals surface area contributed by atoms with Crippen LogP contribution in [0.3, 0.4) is 0 Å². The average molecular weight is 444 g/mol. The number of piperidine rings is 1. The molecule has 0 N–H and O–H groups in total. The molecular weight excluding hydrogens is 418 g/mol. The van der Waals surface area contributed by atoms with Crippen molar-refractivity contribution in [3.05, 3.63) is 59.7 Å². The number of amides is 1. The number of rotatable bonds is 5. The highest BCUT2D eigenvalue weighted by Gasteiger charge is 2.34. The molecule has 1 aromatic heterocycles. The second-order valence-corrected chi connectivity index (χ2v) is 10.8. The second kappa shape index (κ2) is 8.45. The van der Waals surface area contributed by atoms with Crippen LogP contribution < -0.4 is 4.90 Å². The molecule has 8 heteroatoms. The van der Waals surface area contributed by atoms with Gasteiger partial charge in [0.1, 0.15) is 0 Å². The Bertz CT molecular complexity index is 1160. The zero-order valence-corrected chi connectivity index (χ0v) is 18.7. The van der Waals surface area contributed by atoms with Gasteiger partial charge in [0.25, 0.3) is 0 Å². The molecule has 1 fully saturated rings. The third kappa shape index (κ3) is 4.40. The summed E-state index contributed by atoms with van der Waals surface area (Å²) >= 11 is 1.50. The normalized spacial score (nSPS) is 17.9. The van der Waals surface area contributed by atoms with Crippen LogP contribution in [0.25, 0.3) is 10.2 Å². The first-order valence-electron chi connectivity index (χ1n) is 9.99. The van der Waals surface area contributed by atoms with E-state index >= 15 is 0 Å². The molecule has 1 saturated heterocycles. The largest absolute Gasteiger partial charge is 0.283 e. The van der Waals surface area contributed by atoms with Crippen LogP contribution in [-0.2, 0) is 21.4 Å². The SMILES string of the molecule is Cc1cccc2sc(N(Cc3ccccc3)C(=O)C3CCCN(S(C)(=O)=O)C3)nc12. The summed E-state index contributed by atoms with van der Waals surface area (Å²) in [5.74, 6) is -0.436. The lowest BCUT2D eigenvalue weighted by Gasteiger charge is -2.33. The van der Waals surface area contributed by atoms with Gasteiger partial charge in [-0.05, 0) is 37.0 Å². The van der Waals surface area contributed by atoms with E-state index in [9.17, 15) is 13.2 Å². The number of aromatic nitrogens is 1. The Labute approximate surface area is 181 Å². The molecule has 1 amide bonds. The smallest absolute Gasteiger partial charge is 0.233 e. The number of nitrogens with zero attached hydrogens (tertiary/aromatic N) is 3. The fourth-order valence-corrected chi connectivity index (χ4v) is 5.82. The number of benzene rings is 2. The highest BCUT2D eigenvalue weighted by molar-refractivity contribution is 7.88. The van der Waals surface area contributed by atoms with Gasteiger partial charge in [0.05, 0.1) is 28.9 Å². The molecule has 4 rings (SSSR count). The minimum Gasteiger partial charge on any atom is -0.283 e. The molecule has 2 heterocycles. The quantitative estimate of drug-likeness (QED) is 0.601. The molecule has 0 saturated carbocycles. The van der Waals surface area contributed by atoms with Crippen molar-refractivity contribution in [3.8, 4) is 0 Å². The first kappa shape index (κ1) is 21.0. The topological polar surface area (TPSA) is 70.6 Å². The number of sulfonamides is 1. The minimum atomic E-state index is -3.32. The zero-order valence-electron chi connectivity index (χ0n) is 17.1. The van der Waals surface area contributed by atoms with E-state index < -0.39 is 10.0 Å². The van der Waals surface area contributed by atoms with Crippen LogP contribution >= 0.6 is 11.3 Å². The predicted octanol–water partition coefficient (Wildman–Crippen LogP) is 3.81. The van der Waals surface area contributed by atoms with E-state index in [1.165, 1.54) is 21.9 Å². The summed E-state index contributed by atoms with van der Waals surface area (Å²) in [5, 5.41) is 0.657. The van der Waals surface area contributed by atoms with Crippen LogP contribution in [-0.4, -0.2) is 43.0 Å². The van der Waals surface area contributed by atoms with E-state index in [-0.39, 0.29) is 18.4 Å². The Morgan fingerprint density at radius 3 is 2.67 bits per heavy atom. The van der Waals surface area contributed by atoms with E-state index in [1.807, 2.05) is 55.5 Å². The first-order chi connectivity index (χ1) is 14.3. The van der Waals surface area contributed by atoms with E-state index in [0.717, 1.165) is 21.3 Å². The van der Waals surface area contributed by atoms with Gasteiger partial charge in [-0.3, -0.25) is 9.69 Å². The number of hydrogen-bond donors (Lipinski definition) is 0. The van der Waals surface area contributed by atoms with Crippen molar-refractivity contribution in [2.24, 2.45) is 5.92 Å². The fourth-order valence-electron chi connectivity index (χ4n) is 3.86. The van der Waals surface area contributed by atoms with E-state index in [4.69, 9.17) is 4.98 Å². The third-order valence-corrected chi connectivity index (χ3v) is 7.81. The number of carbonyl (C=O) groups excluding carboxylic acids is 1. The Kier molecular flexibility index (Phi) is 5.90. The molecular formula is C22H25N3O3S2. The van der Waals surface area contributed by atoms with Gasteiger partial charge in [0.2, 0.25) is 15.9 Å². The van der Waals surface area contributed by atoms with Crippen LogP contribution in [0.5, 0.6) is 0 Å². The maximum atomic E-state index is 13.6. The molecule has 6 nitrogen and oxygen atoms in total. The van der Waals surface area contributed by atoms with Crippen LogP contribution in [0.1, 0.15) is 24.0 Å². The summed E-state index contributed by atoms with van der Waals surface area (Å²) in [7, 11) is -3.32. The number of hydrogen-bond acceptors (Lipinski definition) is 5. The van der Waals surface area contributed by atoms with Crippen molar-refractivity contribution < 1.29 is 13.2 Å². The standard InChI is InChI=1S/C22H25N3O3S2/c1-16-8-6-12-19-20(16)23-22(29-19)25(14-17-9-4-3-5-10-17)21(26)18-11-7-13-24(15-18)30(2,27)28/h3-6,8-10,12,18H,7,11,13-15H2,1-2H3. The van der Waals surface area contributed by atoms with Crippen molar-refractivity contribution in [1.29, 1.82) is 0 Å². The molecule has 3 aromatic rings. The van der Waals surface area contributed by atoms with Crippen LogP contribution in [0.4, 0.5) is 5.13 Å². The monoisotopic (exact) mass is 443 g/mol. The van der Waals surface area contributed by atoms with Crippen molar-refractivity contribution in [1.82, 2.24) is 9.29 Å². The molecule has 0 bridgehead atoms. The lowest BCUT2D eigenvalue weighted by atomic mass is 9.98. The van der Waals surface area contributed by atoms with Crippen molar-refractivity contribution in [2.45, 2.75) is 26.3 Å². The summed E-state index contributed by atoms with van der Waals surface area (Å²) in [5.41, 5.74) is 2.99. The minimum absolute atomic E-state index is 0.0658. The van der Waals surface area contributed by atoms with Gasteiger partial charge in [0, 0.05) is 13.1 Å². The van der Waals surface area contributed by atoms with E-state index in [1.54, 1.807) is 4.90 Å². The molecule has 30 heavy (non-hydrogen) atoms. The van der Waals surface area contributed by atoms with Crippen LogP contribution in [0, 0.1) is 12.8 Å². The maximum Gasteiger partial charge on any atom is 0.233 e. The van der Waals surface area contributed by atoms with Gasteiger partial charge in [0.15, 0.2) is 5.13 Å². The van der Waals surface area contributed by atoms with Crippen molar-refractivity contribution in [2.75, 3.05) is 24.2 Å². The summed E-state index contributed by atoms with van der Waals surface area (Å²) in [6, 6.07) is 15.8. The van der Waals surface area contributed by atoms with Gasteiger partial charge in [-0.25, -0.2) is 17.7 Å². The Hall–Kier alpha value is -2.29. The molecule has 0 radical (unpaired) electrons. The second-order valence-electron chi connectivity index (χ2n) is 7.79. The summed E-state index contributed by atoms with van der Waals surface area (Å²) < 4.78 is 26.5. The van der Waals surface area contributed by atoms with Crippen LogP contribution in [0.2, 0.25) is 0 Å². The average Bonchev–Trinajstić information content (AvgIpc) is 3.17. The first-order valence-corrected chi connectivity index (χ1v) is 12.7. The highest BCUT2D eigenvalue weighted by Crippen LogP contribution is 2.33. The lowest BCUT2D eigenvalue weighted by molar-refractivity contribution is -0.123. The molecule has 0 aliphatic carbocycles. The third-order valence-electron chi connectivity index (χ3n) is 5.49. The molecule has 1 aliphatic heterocycles. The van der Waals surface area contributed by atoms with E-state index in [0.29, 0.717) is 31.1 Å². The predicted molar refractivity (Wildman–Crippen MR) is 121 cm³/mol. The molecule has 1 atom stereocenters. The van der Waals surface area contributed by atoms with Gasteiger partial charge in [-0.2, -0.15) is 0 Å². The summed E-state index contributed by atoms with van der Waals surface area (Å²) in [6.07, 6.45) is 2.57. The molecule has 1 aliphatic rings. The Morgan fingerprint density at radius 2 is 1.97 bits per heavy atom. The number of para-hydroxylation sites is 1. The molecule has 1 unspecified atom stereocenters. The Morgan fingerprint density at radius 1 is 1.20 bits per heavy atom. The van der Waals surface area contributed by atoms with Crippen molar-refractivity contribution >= 4 is 42.6 Å². The van der Waals surface area contributed by atoms with Gasteiger partial charge in [-0.1, -0.05) is 53.8 Å². The molecule has 2 aromatic carbocycles. The van der Waals surface area contributed by atoms with Crippen LogP contribution in [0.15, 0.2) is 48.5 Å². The van der Waals surface area contributed by atoms with Gasteiger partial charge >= 0.3 is 0 Å². The number of fused-ring (bicyclic) bond motifs is 1. The van der Waals surface area contributed by atoms with E-state index in [2.05, 4.69) is 0 Å². The number of aryl methyl sites for hydroxylation is 1. The van der Waals surface area contributed by atoms with Gasteiger partial charge in [-0.15, -0.1) is 0 Å². The van der Waals surface area contributed by atoms with Gasteiger partial charge < -0.3 is 0 Å². The number of thiazole rings is 1. The zero-order chi connectivity index (χ0) is 21.3. The van der Waals surface area contributed by atoms with Crippen molar-refractivity contribution in [3.63, 3.8) is 0 Å². The summed E-state index contributed by atoms with van der Waals surface area (Å²) in [6.45, 7) is 3.13. The highest BCUT2D eigenvalue weighted by atomic mass is 32.2. The fraction of sp³-hybridized carbons (Fsp3) is 0.364. The number of carbonyl (C=O) groups is 1. The molecule has 0 spiro atoms. The Balaban J connectivity index is 1.69. The lowest BCUT2D eigenvalue weighted by Crippen LogP contribution is -2.46. The number of anilines is 1. The summed E-state index contributed by atoms with van der Waals surface area (Å²) in [4.78, 5) is 20.1. The molecule has 158 valence electrons. The maximum absolute atomic E-state index is 13.6.